The second-order valence-corrected chi connectivity index (χ2v) is 7.62. The van der Waals surface area contributed by atoms with Crippen molar-refractivity contribution in [3.05, 3.63) is 88.2 Å². The monoisotopic (exact) mass is 406 g/mol. The van der Waals surface area contributed by atoms with Gasteiger partial charge in [-0.25, -0.2) is 0 Å². The van der Waals surface area contributed by atoms with E-state index in [2.05, 4.69) is 15.1 Å². The van der Waals surface area contributed by atoms with Crippen molar-refractivity contribution in [3.8, 4) is 0 Å². The third-order valence-electron chi connectivity index (χ3n) is 5.41. The van der Waals surface area contributed by atoms with E-state index in [1.165, 1.54) is 16.2 Å². The van der Waals surface area contributed by atoms with E-state index in [1.54, 1.807) is 25.6 Å². The van der Waals surface area contributed by atoms with Gasteiger partial charge < -0.3 is 14.3 Å². The van der Waals surface area contributed by atoms with E-state index >= 15 is 0 Å². The van der Waals surface area contributed by atoms with Gasteiger partial charge >= 0.3 is 0 Å². The molecule has 3 heterocycles. The fourth-order valence-corrected chi connectivity index (χ4v) is 3.65. The van der Waals surface area contributed by atoms with Crippen molar-refractivity contribution in [1.29, 1.82) is 0 Å². The zero-order valence-electron chi connectivity index (χ0n) is 17.1. The molecule has 7 heteroatoms. The van der Waals surface area contributed by atoms with Gasteiger partial charge in [0.15, 0.2) is 0 Å². The maximum atomic E-state index is 12.4. The van der Waals surface area contributed by atoms with Gasteiger partial charge in [-0.05, 0) is 42.0 Å². The minimum Gasteiger partial charge on any atom is -0.468 e. The quantitative estimate of drug-likeness (QED) is 0.681. The summed E-state index contributed by atoms with van der Waals surface area (Å²) in [5.74, 6) is 0.617. The van der Waals surface area contributed by atoms with E-state index in [1.807, 2.05) is 36.4 Å². The molecule has 0 bridgehead atoms. The SMILES string of the molecule is Cn1cccc(C(=O)Nc2ccc(CN3CCN(Cc4ccco4)CC3)cc2)c1=O. The number of benzene rings is 1. The Morgan fingerprint density at radius 1 is 0.967 bits per heavy atom. The highest BCUT2D eigenvalue weighted by Gasteiger charge is 2.18. The smallest absolute Gasteiger partial charge is 0.263 e. The summed E-state index contributed by atoms with van der Waals surface area (Å²) in [6.45, 7) is 5.79. The molecule has 1 aliphatic heterocycles. The fourth-order valence-electron chi connectivity index (χ4n) is 3.65. The summed E-state index contributed by atoms with van der Waals surface area (Å²) in [7, 11) is 1.63. The minimum atomic E-state index is -0.392. The van der Waals surface area contributed by atoms with Crippen LogP contribution in [-0.4, -0.2) is 46.5 Å². The first-order chi connectivity index (χ1) is 14.6. The number of carbonyl (C=O) groups is 1. The second-order valence-electron chi connectivity index (χ2n) is 7.62. The molecule has 1 fully saturated rings. The van der Waals surface area contributed by atoms with E-state index in [-0.39, 0.29) is 11.1 Å². The first-order valence-electron chi connectivity index (χ1n) is 10.1. The summed E-state index contributed by atoms with van der Waals surface area (Å²) in [4.78, 5) is 29.3. The molecule has 7 nitrogen and oxygen atoms in total. The number of amides is 1. The van der Waals surface area contributed by atoms with Crippen molar-refractivity contribution in [2.75, 3.05) is 31.5 Å². The second kappa shape index (κ2) is 9.11. The third kappa shape index (κ3) is 4.87. The summed E-state index contributed by atoms with van der Waals surface area (Å²) in [5, 5.41) is 2.80. The summed E-state index contributed by atoms with van der Waals surface area (Å²) in [6.07, 6.45) is 3.35. The normalized spacial score (nSPS) is 15.2. The van der Waals surface area contributed by atoms with E-state index < -0.39 is 5.91 Å². The van der Waals surface area contributed by atoms with E-state index in [4.69, 9.17) is 4.42 Å². The number of pyridine rings is 1. The Morgan fingerprint density at radius 3 is 2.33 bits per heavy atom. The molecule has 0 aliphatic carbocycles. The largest absolute Gasteiger partial charge is 0.468 e. The van der Waals surface area contributed by atoms with E-state index in [0.717, 1.165) is 45.0 Å². The number of hydrogen-bond donors (Lipinski definition) is 1. The van der Waals surface area contributed by atoms with E-state index in [0.29, 0.717) is 5.69 Å². The molecule has 3 aromatic rings. The molecule has 1 N–H and O–H groups in total. The number of carbonyl (C=O) groups excluding carboxylic acids is 1. The molecule has 1 aliphatic rings. The predicted octanol–water partition coefficient (Wildman–Crippen LogP) is 2.55. The molecule has 0 atom stereocenters. The van der Waals surface area contributed by atoms with Crippen molar-refractivity contribution >= 4 is 11.6 Å². The number of nitrogens with zero attached hydrogens (tertiary/aromatic N) is 3. The number of furan rings is 1. The third-order valence-corrected chi connectivity index (χ3v) is 5.41. The fraction of sp³-hybridized carbons (Fsp3) is 0.304. The molecule has 0 radical (unpaired) electrons. The van der Waals surface area contributed by atoms with Gasteiger partial charge in [-0.3, -0.25) is 19.4 Å². The number of aryl methyl sites for hydroxylation is 1. The Bertz CT molecular complexity index is 1030. The first-order valence-corrected chi connectivity index (χ1v) is 10.1. The maximum absolute atomic E-state index is 12.4. The average Bonchev–Trinajstić information content (AvgIpc) is 3.26. The number of nitrogens with one attached hydrogen (secondary N) is 1. The van der Waals surface area contributed by atoms with Crippen LogP contribution in [0.2, 0.25) is 0 Å². The van der Waals surface area contributed by atoms with Gasteiger partial charge in [0.05, 0.1) is 12.8 Å². The van der Waals surface area contributed by atoms with Crippen molar-refractivity contribution in [2.45, 2.75) is 13.1 Å². The van der Waals surface area contributed by atoms with Crippen LogP contribution in [0.5, 0.6) is 0 Å². The van der Waals surface area contributed by atoms with E-state index in [9.17, 15) is 9.59 Å². The predicted molar refractivity (Wildman–Crippen MR) is 115 cm³/mol. The first kappa shape index (κ1) is 20.1. The van der Waals surface area contributed by atoms with Gasteiger partial charge in [0.1, 0.15) is 11.3 Å². The standard InChI is InChI=1S/C23H26N4O3/c1-25-10-2-5-21(23(25)29)22(28)24-19-8-6-18(7-9-19)16-26-11-13-27(14-12-26)17-20-4-3-15-30-20/h2-10,15H,11-14,16-17H2,1H3,(H,24,28). The summed E-state index contributed by atoms with van der Waals surface area (Å²) in [5.41, 5.74) is 1.70. The van der Waals surface area contributed by atoms with Gasteiger partial charge in [-0.15, -0.1) is 0 Å². The Labute approximate surface area is 175 Å². The van der Waals surface area contributed by atoms with Crippen LogP contribution in [0, 0.1) is 0 Å². The van der Waals surface area contributed by atoms with Crippen LogP contribution >= 0.6 is 0 Å². The Morgan fingerprint density at radius 2 is 1.67 bits per heavy atom. The Balaban J connectivity index is 1.28. The zero-order chi connectivity index (χ0) is 20.9. The van der Waals surface area contributed by atoms with Crippen LogP contribution in [0.4, 0.5) is 5.69 Å². The van der Waals surface area contributed by atoms with Crippen LogP contribution in [0.3, 0.4) is 0 Å². The zero-order valence-corrected chi connectivity index (χ0v) is 17.1. The van der Waals surface area contributed by atoms with Crippen LogP contribution in [0.15, 0.2) is 70.2 Å². The highest BCUT2D eigenvalue weighted by molar-refractivity contribution is 6.03. The number of hydrogen-bond acceptors (Lipinski definition) is 5. The highest BCUT2D eigenvalue weighted by Crippen LogP contribution is 2.15. The molecule has 0 spiro atoms. The summed E-state index contributed by atoms with van der Waals surface area (Å²) < 4.78 is 6.83. The van der Waals surface area contributed by atoms with Crippen LogP contribution in [0.25, 0.3) is 0 Å². The molecule has 2 aromatic heterocycles. The molecular formula is C23H26N4O3. The van der Waals surface area contributed by atoms with Gasteiger partial charge in [-0.1, -0.05) is 12.1 Å². The molecule has 1 amide bonds. The topological polar surface area (TPSA) is 70.7 Å². The minimum absolute atomic E-state index is 0.136. The average molecular weight is 406 g/mol. The number of piperazine rings is 1. The van der Waals surface area contributed by atoms with Crippen LogP contribution in [0.1, 0.15) is 21.7 Å². The molecule has 156 valence electrons. The Kier molecular flexibility index (Phi) is 6.11. The van der Waals surface area contributed by atoms with Gasteiger partial charge in [0, 0.05) is 51.7 Å². The molecule has 1 saturated heterocycles. The van der Waals surface area contributed by atoms with Gasteiger partial charge in [0.25, 0.3) is 11.5 Å². The number of rotatable bonds is 6. The molecular weight excluding hydrogens is 380 g/mol. The van der Waals surface area contributed by atoms with Crippen molar-refractivity contribution in [1.82, 2.24) is 14.4 Å². The lowest BCUT2D eigenvalue weighted by atomic mass is 10.1. The van der Waals surface area contributed by atoms with Crippen molar-refractivity contribution in [2.24, 2.45) is 7.05 Å². The summed E-state index contributed by atoms with van der Waals surface area (Å²) in [6, 6.07) is 15.0. The van der Waals surface area contributed by atoms with Crippen LogP contribution < -0.4 is 10.9 Å². The molecule has 30 heavy (non-hydrogen) atoms. The lowest BCUT2D eigenvalue weighted by molar-refractivity contribution is 0.102. The van der Waals surface area contributed by atoms with Crippen molar-refractivity contribution < 1.29 is 9.21 Å². The van der Waals surface area contributed by atoms with Gasteiger partial charge in [0.2, 0.25) is 0 Å². The van der Waals surface area contributed by atoms with Gasteiger partial charge in [-0.2, -0.15) is 0 Å². The van der Waals surface area contributed by atoms with Crippen molar-refractivity contribution in [3.63, 3.8) is 0 Å². The lowest BCUT2D eigenvalue weighted by Gasteiger charge is -2.34. The number of anilines is 1. The number of aromatic nitrogens is 1. The molecule has 0 unspecified atom stereocenters. The Hall–Kier alpha value is -3.16. The van der Waals surface area contributed by atoms with Crippen LogP contribution in [-0.2, 0) is 20.1 Å². The molecule has 4 rings (SSSR count). The lowest BCUT2D eigenvalue weighted by Crippen LogP contribution is -2.45. The maximum Gasteiger partial charge on any atom is 0.263 e. The highest BCUT2D eigenvalue weighted by atomic mass is 16.3. The summed E-state index contributed by atoms with van der Waals surface area (Å²) >= 11 is 0. The molecule has 1 aromatic carbocycles. The molecule has 0 saturated carbocycles.